The number of aliphatic hydroxyl groups excluding tert-OH is 1. The maximum atomic E-state index is 13.3. The van der Waals surface area contributed by atoms with Gasteiger partial charge in [-0.1, -0.05) is 13.0 Å². The summed E-state index contributed by atoms with van der Waals surface area (Å²) in [6.07, 6.45) is 0.377. The Balaban J connectivity index is 3.07. The largest absolute Gasteiger partial charge is 0.389 e. The first-order valence-corrected chi connectivity index (χ1v) is 4.68. The zero-order chi connectivity index (χ0) is 11.4. The van der Waals surface area contributed by atoms with Gasteiger partial charge in [0.2, 0.25) is 0 Å². The third kappa shape index (κ3) is 2.59. The molecule has 0 heterocycles. The second kappa shape index (κ2) is 4.98. The molecule has 0 aliphatic heterocycles. The van der Waals surface area contributed by atoms with Crippen molar-refractivity contribution in [1.29, 1.82) is 0 Å². The lowest BCUT2D eigenvalue weighted by molar-refractivity contribution is -0.123. The van der Waals surface area contributed by atoms with Crippen LogP contribution in [0.3, 0.4) is 0 Å². The van der Waals surface area contributed by atoms with Crippen molar-refractivity contribution >= 4 is 5.78 Å². The van der Waals surface area contributed by atoms with Gasteiger partial charge in [-0.15, -0.1) is 0 Å². The highest BCUT2D eigenvalue weighted by Crippen LogP contribution is 2.23. The van der Waals surface area contributed by atoms with Crippen molar-refractivity contribution in [3.63, 3.8) is 0 Å². The highest BCUT2D eigenvalue weighted by atomic mass is 19.1. The number of rotatable bonds is 4. The first-order valence-electron chi connectivity index (χ1n) is 4.68. The average molecular weight is 214 g/mol. The van der Waals surface area contributed by atoms with Crippen LogP contribution >= 0.6 is 0 Å². The first-order chi connectivity index (χ1) is 7.10. The van der Waals surface area contributed by atoms with E-state index in [0.29, 0.717) is 6.42 Å². The topological polar surface area (TPSA) is 37.3 Å². The first kappa shape index (κ1) is 11.8. The summed E-state index contributed by atoms with van der Waals surface area (Å²) in [5.74, 6) is -2.58. The van der Waals surface area contributed by atoms with E-state index >= 15 is 0 Å². The Morgan fingerprint density at radius 2 is 2.13 bits per heavy atom. The van der Waals surface area contributed by atoms with E-state index in [2.05, 4.69) is 0 Å². The van der Waals surface area contributed by atoms with Crippen LogP contribution in [0.15, 0.2) is 18.2 Å². The van der Waals surface area contributed by atoms with Crippen LogP contribution in [0.1, 0.15) is 24.8 Å². The third-order valence-corrected chi connectivity index (χ3v) is 2.29. The molecule has 0 aromatic heterocycles. The predicted molar refractivity (Wildman–Crippen MR) is 51.5 cm³/mol. The van der Waals surface area contributed by atoms with E-state index in [4.69, 9.17) is 5.11 Å². The van der Waals surface area contributed by atoms with Gasteiger partial charge in [-0.2, -0.15) is 0 Å². The smallest absolute Gasteiger partial charge is 0.165 e. The summed E-state index contributed by atoms with van der Waals surface area (Å²) in [6.45, 7) is 1.08. The summed E-state index contributed by atoms with van der Waals surface area (Å²) in [7, 11) is 0. The van der Waals surface area contributed by atoms with Gasteiger partial charge in [-0.3, -0.25) is 4.79 Å². The van der Waals surface area contributed by atoms with Crippen LogP contribution < -0.4 is 0 Å². The van der Waals surface area contributed by atoms with E-state index in [1.165, 1.54) is 6.07 Å². The van der Waals surface area contributed by atoms with E-state index in [1.54, 1.807) is 6.92 Å². The summed E-state index contributed by atoms with van der Waals surface area (Å²) in [4.78, 5) is 11.3. The van der Waals surface area contributed by atoms with E-state index < -0.39 is 29.9 Å². The van der Waals surface area contributed by atoms with E-state index in [1.807, 2.05) is 0 Å². The van der Waals surface area contributed by atoms with Crippen molar-refractivity contribution < 1.29 is 18.7 Å². The second-order valence-electron chi connectivity index (χ2n) is 3.25. The van der Waals surface area contributed by atoms with Crippen molar-refractivity contribution in [1.82, 2.24) is 0 Å². The lowest BCUT2D eigenvalue weighted by Gasteiger charge is -2.13. The number of hydrogen-bond acceptors (Lipinski definition) is 2. The molecule has 2 nitrogen and oxygen atoms in total. The molecule has 1 aromatic carbocycles. The molecule has 4 heteroatoms. The number of aliphatic hydroxyl groups is 1. The van der Waals surface area contributed by atoms with Crippen LogP contribution in [-0.2, 0) is 4.79 Å². The predicted octanol–water partition coefficient (Wildman–Crippen LogP) is 2.02. The number of ketones is 1. The molecule has 0 fully saturated rings. The standard InChI is InChI=1S/C11H12F2O2/c1-2-8(11(15)6-14)9-4-3-7(12)5-10(9)13/h3-5,8,14H,2,6H2,1H3. The average Bonchev–Trinajstić information content (AvgIpc) is 2.21. The lowest BCUT2D eigenvalue weighted by atomic mass is 9.92. The molecule has 0 aliphatic carbocycles. The molecule has 0 spiro atoms. The number of hydrogen-bond donors (Lipinski definition) is 1. The summed E-state index contributed by atoms with van der Waals surface area (Å²) < 4.78 is 25.9. The van der Waals surface area contributed by atoms with Gasteiger partial charge in [0.15, 0.2) is 5.78 Å². The minimum atomic E-state index is -0.747. The maximum absolute atomic E-state index is 13.3. The molecule has 1 N–H and O–H groups in total. The molecule has 0 aliphatic rings. The van der Waals surface area contributed by atoms with Crippen molar-refractivity contribution in [2.75, 3.05) is 6.61 Å². The van der Waals surface area contributed by atoms with Crippen LogP contribution in [0.25, 0.3) is 0 Å². The molecule has 15 heavy (non-hydrogen) atoms. The van der Waals surface area contributed by atoms with Crippen molar-refractivity contribution in [2.24, 2.45) is 0 Å². The van der Waals surface area contributed by atoms with Crippen LogP contribution in [0.4, 0.5) is 8.78 Å². The van der Waals surface area contributed by atoms with Crippen molar-refractivity contribution in [3.8, 4) is 0 Å². The SMILES string of the molecule is CCC(C(=O)CO)c1ccc(F)cc1F. The van der Waals surface area contributed by atoms with Crippen molar-refractivity contribution in [2.45, 2.75) is 19.3 Å². The maximum Gasteiger partial charge on any atom is 0.165 e. The molecule has 1 rings (SSSR count). The van der Waals surface area contributed by atoms with Gasteiger partial charge in [-0.25, -0.2) is 8.78 Å². The summed E-state index contributed by atoms with van der Waals surface area (Å²) >= 11 is 0. The Kier molecular flexibility index (Phi) is 3.91. The van der Waals surface area contributed by atoms with Gasteiger partial charge in [0.05, 0.1) is 0 Å². The molecular weight excluding hydrogens is 202 g/mol. The fourth-order valence-electron chi connectivity index (χ4n) is 1.52. The van der Waals surface area contributed by atoms with Gasteiger partial charge in [0.25, 0.3) is 0 Å². The van der Waals surface area contributed by atoms with Gasteiger partial charge < -0.3 is 5.11 Å². The lowest BCUT2D eigenvalue weighted by Crippen LogP contribution is -2.16. The van der Waals surface area contributed by atoms with Crippen LogP contribution in [-0.4, -0.2) is 17.5 Å². The third-order valence-electron chi connectivity index (χ3n) is 2.29. The fourth-order valence-corrected chi connectivity index (χ4v) is 1.52. The quantitative estimate of drug-likeness (QED) is 0.832. The second-order valence-corrected chi connectivity index (χ2v) is 3.25. The van der Waals surface area contributed by atoms with E-state index in [9.17, 15) is 13.6 Å². The normalized spacial score (nSPS) is 12.5. The monoisotopic (exact) mass is 214 g/mol. The minimum absolute atomic E-state index is 0.137. The Labute approximate surface area is 86.5 Å². The van der Waals surface area contributed by atoms with Crippen molar-refractivity contribution in [3.05, 3.63) is 35.4 Å². The number of halogens is 2. The fraction of sp³-hybridized carbons (Fsp3) is 0.364. The molecule has 0 bridgehead atoms. The molecule has 1 unspecified atom stereocenters. The molecule has 1 aromatic rings. The Morgan fingerprint density at radius 1 is 1.47 bits per heavy atom. The molecule has 0 saturated carbocycles. The molecule has 0 radical (unpaired) electrons. The number of benzene rings is 1. The Hall–Kier alpha value is -1.29. The van der Waals surface area contributed by atoms with Gasteiger partial charge in [0.1, 0.15) is 18.2 Å². The molecule has 0 saturated heterocycles. The summed E-state index contributed by atoms with van der Waals surface area (Å²) in [5.41, 5.74) is 0.137. The number of carbonyl (C=O) groups is 1. The van der Waals surface area contributed by atoms with Crippen LogP contribution in [0, 0.1) is 11.6 Å². The Bertz CT molecular complexity index is 364. The highest BCUT2D eigenvalue weighted by Gasteiger charge is 2.21. The van der Waals surface area contributed by atoms with Gasteiger partial charge >= 0.3 is 0 Å². The van der Waals surface area contributed by atoms with E-state index in [-0.39, 0.29) is 5.56 Å². The zero-order valence-electron chi connectivity index (χ0n) is 8.34. The molecule has 82 valence electrons. The zero-order valence-corrected chi connectivity index (χ0v) is 8.34. The van der Waals surface area contributed by atoms with Crippen LogP contribution in [0.5, 0.6) is 0 Å². The van der Waals surface area contributed by atoms with Crippen LogP contribution in [0.2, 0.25) is 0 Å². The number of carbonyl (C=O) groups excluding carboxylic acids is 1. The highest BCUT2D eigenvalue weighted by molar-refractivity contribution is 5.86. The molecule has 0 amide bonds. The van der Waals surface area contributed by atoms with E-state index in [0.717, 1.165) is 12.1 Å². The Morgan fingerprint density at radius 3 is 2.60 bits per heavy atom. The summed E-state index contributed by atoms with van der Waals surface area (Å²) in [6, 6.07) is 3.08. The van der Waals surface area contributed by atoms with Gasteiger partial charge in [-0.05, 0) is 18.1 Å². The molecular formula is C11H12F2O2. The van der Waals surface area contributed by atoms with Gasteiger partial charge in [0, 0.05) is 12.0 Å². The summed E-state index contributed by atoms with van der Waals surface area (Å²) in [5, 5.41) is 8.70. The minimum Gasteiger partial charge on any atom is -0.389 e. The molecule has 1 atom stereocenters. The number of Topliss-reactive ketones (excluding diaryl/α,β-unsaturated/α-hetero) is 1.